The number of aliphatic carboxylic acids is 1. The van der Waals surface area contributed by atoms with Gasteiger partial charge in [-0.2, -0.15) is 0 Å². The first-order valence-corrected chi connectivity index (χ1v) is 7.79. The van der Waals surface area contributed by atoms with Gasteiger partial charge in [-0.15, -0.1) is 11.3 Å². The van der Waals surface area contributed by atoms with Crippen molar-refractivity contribution in [1.82, 2.24) is 10.2 Å². The van der Waals surface area contributed by atoms with Crippen molar-refractivity contribution in [2.45, 2.75) is 31.7 Å². The highest BCUT2D eigenvalue weighted by Crippen LogP contribution is 2.23. The van der Waals surface area contributed by atoms with E-state index in [4.69, 9.17) is 5.11 Å². The van der Waals surface area contributed by atoms with Gasteiger partial charge in [-0.25, -0.2) is 0 Å². The van der Waals surface area contributed by atoms with Gasteiger partial charge in [0.25, 0.3) is 5.91 Å². The number of rotatable bonds is 6. The van der Waals surface area contributed by atoms with E-state index in [9.17, 15) is 14.4 Å². The summed E-state index contributed by atoms with van der Waals surface area (Å²) in [7, 11) is 0. The number of carboxylic acid groups (broad SMARTS) is 1. The lowest BCUT2D eigenvalue weighted by molar-refractivity contribution is -0.145. The van der Waals surface area contributed by atoms with Crippen molar-refractivity contribution < 1.29 is 19.5 Å². The Morgan fingerprint density at radius 2 is 2.05 bits per heavy atom. The maximum atomic E-state index is 12.2. The summed E-state index contributed by atoms with van der Waals surface area (Å²) in [6.07, 6.45) is 3.68. The van der Waals surface area contributed by atoms with Gasteiger partial charge in [0, 0.05) is 6.04 Å². The summed E-state index contributed by atoms with van der Waals surface area (Å²) < 4.78 is 0. The lowest BCUT2D eigenvalue weighted by atomic mass is 10.2. The molecule has 1 fully saturated rings. The minimum atomic E-state index is -1.03. The van der Waals surface area contributed by atoms with Crippen LogP contribution in [0.25, 0.3) is 0 Å². The van der Waals surface area contributed by atoms with Gasteiger partial charge in [0.05, 0.1) is 11.4 Å². The largest absolute Gasteiger partial charge is 0.480 e. The fourth-order valence-electron chi connectivity index (χ4n) is 2.53. The molecule has 0 unspecified atom stereocenters. The number of amides is 2. The van der Waals surface area contributed by atoms with Crippen LogP contribution in [0.1, 0.15) is 35.4 Å². The average molecular weight is 310 g/mol. The molecule has 0 saturated heterocycles. The zero-order valence-electron chi connectivity index (χ0n) is 11.6. The molecule has 1 aliphatic rings. The van der Waals surface area contributed by atoms with Crippen LogP contribution >= 0.6 is 11.3 Å². The van der Waals surface area contributed by atoms with Gasteiger partial charge in [0.15, 0.2) is 0 Å². The minimum Gasteiger partial charge on any atom is -0.480 e. The fourth-order valence-corrected chi connectivity index (χ4v) is 3.17. The van der Waals surface area contributed by atoms with Crippen molar-refractivity contribution in [2.24, 2.45) is 0 Å². The van der Waals surface area contributed by atoms with E-state index < -0.39 is 5.97 Å². The van der Waals surface area contributed by atoms with Gasteiger partial charge in [0.2, 0.25) is 5.91 Å². The SMILES string of the molecule is O=C(O)CN(C(=O)CNC(=O)c1cccs1)C1CCCC1. The lowest BCUT2D eigenvalue weighted by Gasteiger charge is -2.27. The molecule has 114 valence electrons. The topological polar surface area (TPSA) is 86.7 Å². The third kappa shape index (κ3) is 4.29. The Balaban J connectivity index is 1.91. The van der Waals surface area contributed by atoms with Crippen LogP contribution in [-0.4, -0.2) is 46.9 Å². The van der Waals surface area contributed by atoms with Crippen LogP contribution < -0.4 is 5.32 Å². The summed E-state index contributed by atoms with van der Waals surface area (Å²) in [5, 5.41) is 13.3. The zero-order valence-corrected chi connectivity index (χ0v) is 12.4. The Morgan fingerprint density at radius 1 is 1.33 bits per heavy atom. The highest BCUT2D eigenvalue weighted by atomic mass is 32.1. The van der Waals surface area contributed by atoms with Gasteiger partial charge < -0.3 is 15.3 Å². The highest BCUT2D eigenvalue weighted by molar-refractivity contribution is 7.12. The van der Waals surface area contributed by atoms with Gasteiger partial charge in [0.1, 0.15) is 6.54 Å². The summed E-state index contributed by atoms with van der Waals surface area (Å²) in [5.41, 5.74) is 0. The molecule has 1 aromatic rings. The molecule has 0 atom stereocenters. The molecular weight excluding hydrogens is 292 g/mol. The Morgan fingerprint density at radius 3 is 2.62 bits per heavy atom. The predicted octanol–water partition coefficient (Wildman–Crippen LogP) is 1.33. The quantitative estimate of drug-likeness (QED) is 0.830. The summed E-state index contributed by atoms with van der Waals surface area (Å²) in [6.45, 7) is -0.473. The molecular formula is C14H18N2O4S. The fraction of sp³-hybridized carbons (Fsp3) is 0.500. The van der Waals surface area contributed by atoms with Gasteiger partial charge in [-0.05, 0) is 24.3 Å². The minimum absolute atomic E-state index is 0.0211. The highest BCUT2D eigenvalue weighted by Gasteiger charge is 2.28. The van der Waals surface area contributed by atoms with Crippen LogP contribution in [0.15, 0.2) is 17.5 Å². The summed E-state index contributed by atoms with van der Waals surface area (Å²) >= 11 is 1.30. The first kappa shape index (κ1) is 15.5. The number of hydrogen-bond acceptors (Lipinski definition) is 4. The number of nitrogens with one attached hydrogen (secondary N) is 1. The molecule has 7 heteroatoms. The Kier molecular flexibility index (Phi) is 5.32. The number of hydrogen-bond donors (Lipinski definition) is 2. The summed E-state index contributed by atoms with van der Waals surface area (Å²) in [5.74, 6) is -1.67. The van der Waals surface area contributed by atoms with E-state index in [1.807, 2.05) is 0 Å². The van der Waals surface area contributed by atoms with Crippen LogP contribution in [0.3, 0.4) is 0 Å². The molecule has 0 aliphatic heterocycles. The lowest BCUT2D eigenvalue weighted by Crippen LogP contribution is -2.47. The summed E-state index contributed by atoms with van der Waals surface area (Å²) in [4.78, 5) is 36.8. The molecule has 0 bridgehead atoms. The standard InChI is InChI=1S/C14H18N2O4S/c17-12(8-15-14(20)11-6-3-7-21-11)16(9-13(18)19)10-4-1-2-5-10/h3,6-7,10H,1-2,4-5,8-9H2,(H,15,20)(H,18,19). The Labute approximate surface area is 126 Å². The predicted molar refractivity (Wildman–Crippen MR) is 78.3 cm³/mol. The molecule has 0 aromatic carbocycles. The number of thiophene rings is 1. The molecule has 1 heterocycles. The second-order valence-electron chi connectivity index (χ2n) is 5.01. The normalized spacial score (nSPS) is 14.9. The van der Waals surface area contributed by atoms with Crippen molar-refractivity contribution in [3.05, 3.63) is 22.4 Å². The second kappa shape index (κ2) is 7.21. The van der Waals surface area contributed by atoms with E-state index in [0.717, 1.165) is 25.7 Å². The van der Waals surface area contributed by atoms with Crippen LogP contribution in [-0.2, 0) is 9.59 Å². The van der Waals surface area contributed by atoms with Gasteiger partial charge in [-0.1, -0.05) is 18.9 Å². The van der Waals surface area contributed by atoms with E-state index >= 15 is 0 Å². The van der Waals surface area contributed by atoms with Crippen molar-refractivity contribution in [1.29, 1.82) is 0 Å². The smallest absolute Gasteiger partial charge is 0.323 e. The first-order valence-electron chi connectivity index (χ1n) is 6.91. The first-order chi connectivity index (χ1) is 10.1. The number of carbonyl (C=O) groups excluding carboxylic acids is 2. The van der Waals surface area contributed by atoms with E-state index in [0.29, 0.717) is 4.88 Å². The zero-order chi connectivity index (χ0) is 15.2. The van der Waals surface area contributed by atoms with Crippen LogP contribution in [0.4, 0.5) is 0 Å². The Bertz CT molecular complexity index is 509. The van der Waals surface area contributed by atoms with Crippen LogP contribution in [0.2, 0.25) is 0 Å². The molecule has 1 aliphatic carbocycles. The molecule has 2 rings (SSSR count). The Hall–Kier alpha value is -1.89. The molecule has 21 heavy (non-hydrogen) atoms. The van der Waals surface area contributed by atoms with Gasteiger partial charge >= 0.3 is 5.97 Å². The average Bonchev–Trinajstić information content (AvgIpc) is 3.13. The van der Waals surface area contributed by atoms with Crippen molar-refractivity contribution >= 4 is 29.1 Å². The van der Waals surface area contributed by atoms with Crippen molar-refractivity contribution in [2.75, 3.05) is 13.1 Å². The molecule has 6 nitrogen and oxygen atoms in total. The third-order valence-electron chi connectivity index (χ3n) is 3.54. The van der Waals surface area contributed by atoms with Gasteiger partial charge in [-0.3, -0.25) is 14.4 Å². The maximum absolute atomic E-state index is 12.2. The molecule has 0 spiro atoms. The molecule has 1 aromatic heterocycles. The molecule has 1 saturated carbocycles. The van der Waals surface area contributed by atoms with E-state index in [1.54, 1.807) is 17.5 Å². The van der Waals surface area contributed by atoms with E-state index in [1.165, 1.54) is 16.2 Å². The van der Waals surface area contributed by atoms with Crippen molar-refractivity contribution in [3.63, 3.8) is 0 Å². The third-order valence-corrected chi connectivity index (χ3v) is 4.41. The van der Waals surface area contributed by atoms with Crippen LogP contribution in [0, 0.1) is 0 Å². The van der Waals surface area contributed by atoms with Crippen LogP contribution in [0.5, 0.6) is 0 Å². The van der Waals surface area contributed by atoms with E-state index in [2.05, 4.69) is 5.32 Å². The molecule has 2 N–H and O–H groups in total. The number of carbonyl (C=O) groups is 3. The number of nitrogens with zero attached hydrogens (tertiary/aromatic N) is 1. The van der Waals surface area contributed by atoms with Crippen molar-refractivity contribution in [3.8, 4) is 0 Å². The number of carboxylic acids is 1. The summed E-state index contributed by atoms with van der Waals surface area (Å²) in [6, 6.07) is 3.42. The molecule has 0 radical (unpaired) electrons. The maximum Gasteiger partial charge on any atom is 0.323 e. The monoisotopic (exact) mass is 310 g/mol. The molecule has 2 amide bonds. The van der Waals surface area contributed by atoms with E-state index in [-0.39, 0.29) is 30.9 Å². The second-order valence-corrected chi connectivity index (χ2v) is 5.96.